The Morgan fingerprint density at radius 3 is 2.53 bits per heavy atom. The smallest absolute Gasteiger partial charge is 0.224 e. The van der Waals surface area contributed by atoms with Crippen LogP contribution in [0.1, 0.15) is 41.3 Å². The predicted octanol–water partition coefficient (Wildman–Crippen LogP) is 5.00. The van der Waals surface area contributed by atoms with Crippen molar-refractivity contribution in [3.8, 4) is 0 Å². The van der Waals surface area contributed by atoms with Crippen LogP contribution in [0.3, 0.4) is 0 Å². The molecule has 34 heavy (non-hydrogen) atoms. The molecule has 1 unspecified atom stereocenters. The van der Waals surface area contributed by atoms with Crippen molar-refractivity contribution in [2.45, 2.75) is 32.4 Å². The number of para-hydroxylation sites is 1. The van der Waals surface area contributed by atoms with Crippen LogP contribution in [0.4, 0.5) is 0 Å². The number of nitrogens with zero attached hydrogens (tertiary/aromatic N) is 3. The van der Waals surface area contributed by atoms with Crippen molar-refractivity contribution < 1.29 is 4.79 Å². The fraction of sp³-hybridized carbons (Fsp3) is 0.310. The van der Waals surface area contributed by atoms with E-state index in [1.54, 1.807) is 6.20 Å². The van der Waals surface area contributed by atoms with Crippen LogP contribution in [0.5, 0.6) is 0 Å². The van der Waals surface area contributed by atoms with Gasteiger partial charge in [0.1, 0.15) is 0 Å². The van der Waals surface area contributed by atoms with E-state index in [0.717, 1.165) is 49.3 Å². The molecule has 0 spiro atoms. The number of pyridine rings is 1. The van der Waals surface area contributed by atoms with E-state index in [-0.39, 0.29) is 17.9 Å². The Morgan fingerprint density at radius 1 is 1.03 bits per heavy atom. The number of aryl methyl sites for hydroxylation is 2. The first-order valence-corrected chi connectivity index (χ1v) is 12.1. The highest BCUT2D eigenvalue weighted by Gasteiger charge is 2.28. The van der Waals surface area contributed by atoms with Crippen molar-refractivity contribution >= 4 is 16.8 Å². The molecule has 1 saturated heterocycles. The molecule has 0 radical (unpaired) electrons. The van der Waals surface area contributed by atoms with Crippen LogP contribution in [0, 0.1) is 12.8 Å². The average Bonchev–Trinajstić information content (AvgIpc) is 3.19. The summed E-state index contributed by atoms with van der Waals surface area (Å²) in [5.41, 5.74) is 5.68. The number of nitrogens with one attached hydrogen (secondary N) is 1. The van der Waals surface area contributed by atoms with Crippen LogP contribution in [0.25, 0.3) is 10.9 Å². The Hall–Kier alpha value is -3.44. The lowest BCUT2D eigenvalue weighted by Gasteiger charge is -2.32. The molecular formula is C29H32N4O. The van der Waals surface area contributed by atoms with Gasteiger partial charge in [0.25, 0.3) is 0 Å². The summed E-state index contributed by atoms with van der Waals surface area (Å²) in [7, 11) is 2.11. The fourth-order valence-electron chi connectivity index (χ4n) is 5.16. The van der Waals surface area contributed by atoms with Crippen LogP contribution >= 0.6 is 0 Å². The van der Waals surface area contributed by atoms with E-state index in [0.29, 0.717) is 0 Å². The number of piperidine rings is 1. The van der Waals surface area contributed by atoms with Crippen LogP contribution < -0.4 is 5.32 Å². The molecule has 5 heteroatoms. The Balaban J connectivity index is 1.25. The first-order chi connectivity index (χ1) is 16.6. The van der Waals surface area contributed by atoms with Gasteiger partial charge in [-0.1, -0.05) is 54.6 Å². The Kier molecular flexibility index (Phi) is 6.45. The lowest BCUT2D eigenvalue weighted by Crippen LogP contribution is -2.41. The summed E-state index contributed by atoms with van der Waals surface area (Å²) in [6.07, 6.45) is 5.79. The number of rotatable bonds is 6. The van der Waals surface area contributed by atoms with Crippen LogP contribution in [-0.2, 0) is 18.4 Å². The highest BCUT2D eigenvalue weighted by Crippen LogP contribution is 2.27. The van der Waals surface area contributed by atoms with Gasteiger partial charge in [-0.25, -0.2) is 0 Å². The number of aromatic nitrogens is 2. The molecule has 0 aliphatic carbocycles. The maximum Gasteiger partial charge on any atom is 0.224 e. The summed E-state index contributed by atoms with van der Waals surface area (Å²) < 4.78 is 2.20. The van der Waals surface area contributed by atoms with Crippen molar-refractivity contribution in [1.29, 1.82) is 0 Å². The van der Waals surface area contributed by atoms with Crippen LogP contribution in [0.15, 0.2) is 79.1 Å². The van der Waals surface area contributed by atoms with Gasteiger partial charge in [0.15, 0.2) is 0 Å². The van der Waals surface area contributed by atoms with E-state index < -0.39 is 0 Å². The zero-order valence-corrected chi connectivity index (χ0v) is 19.9. The first kappa shape index (κ1) is 22.4. The van der Waals surface area contributed by atoms with Gasteiger partial charge in [-0.3, -0.25) is 14.7 Å². The molecule has 3 heterocycles. The third kappa shape index (κ3) is 4.62. The third-order valence-electron chi connectivity index (χ3n) is 7.07. The summed E-state index contributed by atoms with van der Waals surface area (Å²) in [6, 6.07) is 22.5. The highest BCUT2D eigenvalue weighted by atomic mass is 16.2. The quantitative estimate of drug-likeness (QED) is 0.448. The van der Waals surface area contributed by atoms with Gasteiger partial charge in [0.05, 0.1) is 11.7 Å². The van der Waals surface area contributed by atoms with Gasteiger partial charge in [-0.15, -0.1) is 0 Å². The van der Waals surface area contributed by atoms with Crippen molar-refractivity contribution in [3.05, 3.63) is 102 Å². The van der Waals surface area contributed by atoms with E-state index in [1.807, 2.05) is 24.3 Å². The molecule has 2 aromatic carbocycles. The van der Waals surface area contributed by atoms with E-state index in [9.17, 15) is 4.79 Å². The molecular weight excluding hydrogens is 420 g/mol. The van der Waals surface area contributed by atoms with Crippen LogP contribution in [0.2, 0.25) is 0 Å². The lowest BCUT2D eigenvalue weighted by molar-refractivity contribution is -0.127. The van der Waals surface area contributed by atoms with E-state index in [1.165, 1.54) is 16.5 Å². The molecule has 0 saturated carbocycles. The van der Waals surface area contributed by atoms with Gasteiger partial charge < -0.3 is 9.88 Å². The zero-order valence-electron chi connectivity index (χ0n) is 19.9. The molecule has 1 aliphatic rings. The highest BCUT2D eigenvalue weighted by molar-refractivity contribution is 5.84. The average molecular weight is 453 g/mol. The van der Waals surface area contributed by atoms with Gasteiger partial charge >= 0.3 is 0 Å². The maximum atomic E-state index is 13.3. The number of hydrogen-bond donors (Lipinski definition) is 1. The molecule has 1 N–H and O–H groups in total. The minimum absolute atomic E-state index is 0.0269. The standard InChI is InChI=1S/C29H32N4O/c1-21-9-8-16-30-27(21)28(22-10-4-3-5-11-22)31-29(34)23-14-17-33(18-15-23)20-24-19-32(2)26-13-7-6-12-25(24)26/h3-13,16,19,23,28H,14-15,17-18,20H2,1-2H3,(H,31,34). The molecule has 5 nitrogen and oxygen atoms in total. The van der Waals surface area contributed by atoms with Gasteiger partial charge in [0, 0.05) is 42.8 Å². The number of benzene rings is 2. The molecule has 1 atom stereocenters. The Bertz CT molecular complexity index is 1270. The SMILES string of the molecule is Cc1cccnc1C(NC(=O)C1CCN(Cc2cn(C)c3ccccc23)CC1)c1ccccc1. The van der Waals surface area contributed by atoms with Crippen molar-refractivity contribution in [1.82, 2.24) is 19.8 Å². The zero-order chi connectivity index (χ0) is 23.5. The third-order valence-corrected chi connectivity index (χ3v) is 7.07. The Labute approximate surface area is 201 Å². The lowest BCUT2D eigenvalue weighted by atomic mass is 9.93. The number of likely N-dealkylation sites (tertiary alicyclic amines) is 1. The summed E-state index contributed by atoms with van der Waals surface area (Å²) in [5, 5.41) is 4.65. The molecule has 4 aromatic rings. The molecule has 174 valence electrons. The number of carbonyl (C=O) groups is 1. The molecule has 1 amide bonds. The number of fused-ring (bicyclic) bond motifs is 1. The summed E-state index contributed by atoms with van der Waals surface area (Å²) in [6.45, 7) is 4.84. The van der Waals surface area contributed by atoms with E-state index in [2.05, 4.69) is 82.4 Å². The monoisotopic (exact) mass is 452 g/mol. The first-order valence-electron chi connectivity index (χ1n) is 12.1. The second-order valence-electron chi connectivity index (χ2n) is 9.39. The predicted molar refractivity (Wildman–Crippen MR) is 136 cm³/mol. The molecule has 2 aromatic heterocycles. The minimum Gasteiger partial charge on any atom is -0.350 e. The number of carbonyl (C=O) groups excluding carboxylic acids is 1. The number of amides is 1. The fourth-order valence-corrected chi connectivity index (χ4v) is 5.16. The van der Waals surface area contributed by atoms with Crippen molar-refractivity contribution in [3.63, 3.8) is 0 Å². The van der Waals surface area contributed by atoms with Gasteiger partial charge in [-0.2, -0.15) is 0 Å². The Morgan fingerprint density at radius 2 is 1.76 bits per heavy atom. The van der Waals surface area contributed by atoms with E-state index >= 15 is 0 Å². The van der Waals surface area contributed by atoms with Crippen molar-refractivity contribution in [2.24, 2.45) is 13.0 Å². The van der Waals surface area contributed by atoms with Crippen LogP contribution in [-0.4, -0.2) is 33.4 Å². The number of hydrogen-bond acceptors (Lipinski definition) is 3. The molecule has 1 aliphatic heterocycles. The maximum absolute atomic E-state index is 13.3. The topological polar surface area (TPSA) is 50.2 Å². The molecule has 5 rings (SSSR count). The van der Waals surface area contributed by atoms with Crippen molar-refractivity contribution in [2.75, 3.05) is 13.1 Å². The minimum atomic E-state index is -0.233. The second-order valence-corrected chi connectivity index (χ2v) is 9.39. The second kappa shape index (κ2) is 9.82. The normalized spacial score (nSPS) is 15.9. The molecule has 1 fully saturated rings. The summed E-state index contributed by atoms with van der Waals surface area (Å²) >= 11 is 0. The van der Waals surface area contributed by atoms with E-state index in [4.69, 9.17) is 0 Å². The summed E-state index contributed by atoms with van der Waals surface area (Å²) in [4.78, 5) is 20.4. The summed E-state index contributed by atoms with van der Waals surface area (Å²) in [5.74, 6) is 0.155. The largest absolute Gasteiger partial charge is 0.350 e. The van der Waals surface area contributed by atoms with Gasteiger partial charge in [-0.05, 0) is 61.7 Å². The molecule has 0 bridgehead atoms. The van der Waals surface area contributed by atoms with Gasteiger partial charge in [0.2, 0.25) is 5.91 Å².